The monoisotopic (exact) mass is 404 g/mol. The summed E-state index contributed by atoms with van der Waals surface area (Å²) in [6, 6.07) is 16.1. The standard InChI is InChI=1S/C20H25BrN2O2/c1-23(15-16-7-4-3-5-8-16)12-6-11-22-14-18-10-9-17(13-19(18)21)20(24)25-2/h3-5,7-10,13,22H,6,11-12,14-15H2,1-2H3. The van der Waals surface area contributed by atoms with Crippen molar-refractivity contribution in [1.82, 2.24) is 10.2 Å². The van der Waals surface area contributed by atoms with Gasteiger partial charge >= 0.3 is 5.97 Å². The average Bonchev–Trinajstić information content (AvgIpc) is 2.62. The Morgan fingerprint density at radius 2 is 1.96 bits per heavy atom. The first kappa shape index (κ1) is 19.6. The Hall–Kier alpha value is -1.69. The number of esters is 1. The van der Waals surface area contributed by atoms with Crippen LogP contribution in [0.15, 0.2) is 53.0 Å². The van der Waals surface area contributed by atoms with E-state index >= 15 is 0 Å². The molecule has 4 nitrogen and oxygen atoms in total. The van der Waals surface area contributed by atoms with Crippen LogP contribution in [0.5, 0.6) is 0 Å². The molecule has 0 aliphatic heterocycles. The van der Waals surface area contributed by atoms with Crippen LogP contribution in [0.1, 0.15) is 27.9 Å². The fourth-order valence-corrected chi connectivity index (χ4v) is 3.13. The van der Waals surface area contributed by atoms with Crippen LogP contribution in [-0.4, -0.2) is 38.1 Å². The van der Waals surface area contributed by atoms with Gasteiger partial charge in [-0.05, 0) is 49.8 Å². The highest BCUT2D eigenvalue weighted by Crippen LogP contribution is 2.19. The Morgan fingerprint density at radius 1 is 1.20 bits per heavy atom. The van der Waals surface area contributed by atoms with E-state index in [0.29, 0.717) is 5.56 Å². The van der Waals surface area contributed by atoms with Crippen LogP contribution < -0.4 is 5.32 Å². The van der Waals surface area contributed by atoms with Crippen molar-refractivity contribution in [1.29, 1.82) is 0 Å². The predicted octanol–water partition coefficient (Wildman–Crippen LogP) is 3.85. The molecule has 0 spiro atoms. The molecular weight excluding hydrogens is 380 g/mol. The van der Waals surface area contributed by atoms with Crippen molar-refractivity contribution in [2.24, 2.45) is 0 Å². The normalized spacial score (nSPS) is 10.9. The Bertz CT molecular complexity index is 677. The van der Waals surface area contributed by atoms with Gasteiger partial charge in [0.1, 0.15) is 0 Å². The third-order valence-electron chi connectivity index (χ3n) is 3.98. The highest BCUT2D eigenvalue weighted by atomic mass is 79.9. The molecule has 0 radical (unpaired) electrons. The molecule has 0 amide bonds. The van der Waals surface area contributed by atoms with Crippen molar-refractivity contribution in [2.75, 3.05) is 27.2 Å². The number of methoxy groups -OCH3 is 1. The maximum Gasteiger partial charge on any atom is 0.337 e. The van der Waals surface area contributed by atoms with E-state index in [4.69, 9.17) is 4.74 Å². The molecule has 134 valence electrons. The first-order valence-corrected chi connectivity index (χ1v) is 9.19. The van der Waals surface area contributed by atoms with Crippen LogP contribution in [0, 0.1) is 0 Å². The number of carbonyl (C=O) groups is 1. The van der Waals surface area contributed by atoms with E-state index in [1.54, 1.807) is 12.1 Å². The minimum absolute atomic E-state index is 0.318. The SMILES string of the molecule is COC(=O)c1ccc(CNCCCN(C)Cc2ccccc2)c(Br)c1. The molecule has 2 aromatic carbocycles. The number of hydrogen-bond acceptors (Lipinski definition) is 4. The molecule has 2 aromatic rings. The van der Waals surface area contributed by atoms with Crippen molar-refractivity contribution < 1.29 is 9.53 Å². The van der Waals surface area contributed by atoms with Gasteiger partial charge in [-0.25, -0.2) is 4.79 Å². The van der Waals surface area contributed by atoms with Crippen LogP contribution in [0.25, 0.3) is 0 Å². The van der Waals surface area contributed by atoms with Gasteiger partial charge < -0.3 is 15.0 Å². The van der Waals surface area contributed by atoms with Gasteiger partial charge in [-0.3, -0.25) is 0 Å². The summed E-state index contributed by atoms with van der Waals surface area (Å²) in [7, 11) is 3.54. The van der Waals surface area contributed by atoms with Crippen LogP contribution in [0.3, 0.4) is 0 Å². The molecule has 0 unspecified atom stereocenters. The second-order valence-electron chi connectivity index (χ2n) is 6.05. The molecule has 2 rings (SSSR count). The Kier molecular flexibility index (Phi) is 8.12. The van der Waals surface area contributed by atoms with Gasteiger partial charge in [-0.15, -0.1) is 0 Å². The van der Waals surface area contributed by atoms with E-state index in [9.17, 15) is 4.79 Å². The number of nitrogens with zero attached hydrogens (tertiary/aromatic N) is 1. The molecule has 0 bridgehead atoms. The number of nitrogens with one attached hydrogen (secondary N) is 1. The summed E-state index contributed by atoms with van der Waals surface area (Å²) in [4.78, 5) is 13.8. The van der Waals surface area contributed by atoms with E-state index in [-0.39, 0.29) is 5.97 Å². The minimum atomic E-state index is -0.318. The van der Waals surface area contributed by atoms with Gasteiger partial charge in [0, 0.05) is 17.6 Å². The van der Waals surface area contributed by atoms with Crippen LogP contribution in [0.2, 0.25) is 0 Å². The summed E-state index contributed by atoms with van der Waals surface area (Å²) in [5.41, 5.74) is 3.03. The van der Waals surface area contributed by atoms with E-state index in [1.807, 2.05) is 12.1 Å². The highest BCUT2D eigenvalue weighted by Gasteiger charge is 2.08. The number of rotatable bonds is 9. The first-order valence-electron chi connectivity index (χ1n) is 8.40. The number of halogens is 1. The van der Waals surface area contributed by atoms with E-state index in [0.717, 1.165) is 42.6 Å². The maximum absolute atomic E-state index is 11.5. The van der Waals surface area contributed by atoms with Gasteiger partial charge in [0.2, 0.25) is 0 Å². The molecule has 0 heterocycles. The lowest BCUT2D eigenvalue weighted by Gasteiger charge is -2.17. The molecule has 5 heteroatoms. The zero-order chi connectivity index (χ0) is 18.1. The fraction of sp³-hybridized carbons (Fsp3) is 0.350. The summed E-state index contributed by atoms with van der Waals surface area (Å²) >= 11 is 3.52. The van der Waals surface area contributed by atoms with Crippen molar-refractivity contribution in [3.8, 4) is 0 Å². The van der Waals surface area contributed by atoms with Crippen molar-refractivity contribution >= 4 is 21.9 Å². The summed E-state index contributed by atoms with van der Waals surface area (Å²) < 4.78 is 5.65. The van der Waals surface area contributed by atoms with Crippen LogP contribution >= 0.6 is 15.9 Å². The van der Waals surface area contributed by atoms with E-state index < -0.39 is 0 Å². The van der Waals surface area contributed by atoms with Crippen LogP contribution in [0.4, 0.5) is 0 Å². The molecule has 0 aromatic heterocycles. The Balaban J connectivity index is 1.68. The molecule has 0 saturated carbocycles. The van der Waals surface area contributed by atoms with Gasteiger partial charge in [0.05, 0.1) is 12.7 Å². The molecular formula is C20H25BrN2O2. The third-order valence-corrected chi connectivity index (χ3v) is 4.72. The average molecular weight is 405 g/mol. The van der Waals surface area contributed by atoms with Crippen molar-refractivity contribution in [3.63, 3.8) is 0 Å². The number of carbonyl (C=O) groups excluding carboxylic acids is 1. The number of ether oxygens (including phenoxy) is 1. The van der Waals surface area contributed by atoms with Gasteiger partial charge in [0.25, 0.3) is 0 Å². The molecule has 25 heavy (non-hydrogen) atoms. The van der Waals surface area contributed by atoms with Crippen molar-refractivity contribution in [2.45, 2.75) is 19.5 Å². The molecule has 1 N–H and O–H groups in total. The van der Waals surface area contributed by atoms with Gasteiger partial charge in [-0.2, -0.15) is 0 Å². The zero-order valence-corrected chi connectivity index (χ0v) is 16.4. The molecule has 0 atom stereocenters. The third kappa shape index (κ3) is 6.61. The molecule has 0 aliphatic rings. The Morgan fingerprint density at radius 3 is 2.64 bits per heavy atom. The first-order chi connectivity index (χ1) is 12.1. The minimum Gasteiger partial charge on any atom is -0.465 e. The van der Waals surface area contributed by atoms with Crippen molar-refractivity contribution in [3.05, 3.63) is 69.7 Å². The second-order valence-corrected chi connectivity index (χ2v) is 6.91. The van der Waals surface area contributed by atoms with Gasteiger partial charge in [-0.1, -0.05) is 52.3 Å². The summed E-state index contributed by atoms with van der Waals surface area (Å²) in [5.74, 6) is -0.318. The van der Waals surface area contributed by atoms with E-state index in [1.165, 1.54) is 12.7 Å². The molecule has 0 aliphatic carbocycles. The van der Waals surface area contributed by atoms with E-state index in [2.05, 4.69) is 57.5 Å². The summed E-state index contributed by atoms with van der Waals surface area (Å²) in [6.07, 6.45) is 1.08. The summed E-state index contributed by atoms with van der Waals surface area (Å²) in [5, 5.41) is 3.45. The van der Waals surface area contributed by atoms with Gasteiger partial charge in [0.15, 0.2) is 0 Å². The maximum atomic E-state index is 11.5. The number of hydrogen-bond donors (Lipinski definition) is 1. The summed E-state index contributed by atoms with van der Waals surface area (Å²) in [6.45, 7) is 3.74. The lowest BCUT2D eigenvalue weighted by molar-refractivity contribution is 0.0600. The zero-order valence-electron chi connectivity index (χ0n) is 14.8. The smallest absolute Gasteiger partial charge is 0.337 e. The topological polar surface area (TPSA) is 41.6 Å². The lowest BCUT2D eigenvalue weighted by atomic mass is 10.1. The Labute approximate surface area is 158 Å². The lowest BCUT2D eigenvalue weighted by Crippen LogP contribution is -2.23. The van der Waals surface area contributed by atoms with Crippen LogP contribution in [-0.2, 0) is 17.8 Å². The second kappa shape index (κ2) is 10.3. The molecule has 0 fully saturated rings. The fourth-order valence-electron chi connectivity index (χ4n) is 2.61. The predicted molar refractivity (Wildman–Crippen MR) is 105 cm³/mol. The molecule has 0 saturated heterocycles. The highest BCUT2D eigenvalue weighted by molar-refractivity contribution is 9.10. The largest absolute Gasteiger partial charge is 0.465 e. The number of benzene rings is 2. The quantitative estimate of drug-likeness (QED) is 0.509.